The second kappa shape index (κ2) is 13.0. The molecule has 10 heteroatoms. The normalized spacial score (nSPS) is 9.63. The molecule has 0 saturated heterocycles. The van der Waals surface area contributed by atoms with Gasteiger partial charge in [-0.15, -0.1) is 12.4 Å². The van der Waals surface area contributed by atoms with Gasteiger partial charge in [-0.1, -0.05) is 19.7 Å². The molecule has 0 saturated carbocycles. The fourth-order valence-corrected chi connectivity index (χ4v) is 2.72. The van der Waals surface area contributed by atoms with E-state index < -0.39 is 29.2 Å². The van der Waals surface area contributed by atoms with Crippen LogP contribution < -0.4 is 21.7 Å². The largest absolute Gasteiger partial charge is 0.504 e. The lowest BCUT2D eigenvalue weighted by molar-refractivity contribution is -0.117. The smallest absolute Gasteiger partial charge is 0.243 e. The minimum absolute atomic E-state index is 0. The number of phenols is 2. The molecule has 0 aromatic heterocycles. The maximum atomic E-state index is 11.7. The van der Waals surface area contributed by atoms with Gasteiger partial charge in [0.15, 0.2) is 11.5 Å². The molecule has 3 amide bonds. The Bertz CT molecular complexity index is 839. The van der Waals surface area contributed by atoms with Gasteiger partial charge in [0, 0.05) is 30.8 Å². The summed E-state index contributed by atoms with van der Waals surface area (Å²) in [4.78, 5) is 34.8. The number of nitrogens with two attached hydrogens (primary N) is 1. The van der Waals surface area contributed by atoms with Crippen molar-refractivity contribution in [3.05, 3.63) is 60.2 Å². The van der Waals surface area contributed by atoms with Crippen LogP contribution in [-0.4, -0.2) is 34.5 Å². The maximum absolute atomic E-state index is 11.7. The lowest BCUT2D eigenvalue weighted by atomic mass is 9.91. The van der Waals surface area contributed by atoms with Gasteiger partial charge in [-0.2, -0.15) is 0 Å². The minimum atomic E-state index is -0.479. The van der Waals surface area contributed by atoms with Crippen LogP contribution in [-0.2, 0) is 40.4 Å². The third-order valence-electron chi connectivity index (χ3n) is 4.16. The molecule has 0 aliphatic heterocycles. The summed E-state index contributed by atoms with van der Waals surface area (Å²) in [5.74, 6) is -2.31. The van der Waals surface area contributed by atoms with Crippen molar-refractivity contribution >= 4 is 30.1 Å². The second-order valence-corrected chi connectivity index (χ2v) is 5.92. The summed E-state index contributed by atoms with van der Waals surface area (Å²) in [6.45, 7) is 10.1. The van der Waals surface area contributed by atoms with Gasteiger partial charge in [0.2, 0.25) is 17.7 Å². The van der Waals surface area contributed by atoms with E-state index in [0.717, 1.165) is 18.2 Å². The van der Waals surface area contributed by atoms with Crippen LogP contribution in [0.3, 0.4) is 0 Å². The number of nitrogens with one attached hydrogen (secondary N) is 3. The van der Waals surface area contributed by atoms with Gasteiger partial charge in [-0.25, -0.2) is 0 Å². The van der Waals surface area contributed by atoms with E-state index in [2.05, 4.69) is 35.7 Å². The molecule has 0 heterocycles. The predicted octanol–water partition coefficient (Wildman–Crippen LogP) is 0.427. The number of hydrogen-bond donors (Lipinski definition) is 6. The molecule has 1 aromatic rings. The van der Waals surface area contributed by atoms with Crippen LogP contribution in [0.2, 0.25) is 0 Å². The summed E-state index contributed by atoms with van der Waals surface area (Å²) in [6, 6.07) is 0. The van der Waals surface area contributed by atoms with Gasteiger partial charge in [0.05, 0.1) is 0 Å². The van der Waals surface area contributed by atoms with E-state index in [1.54, 1.807) is 0 Å². The topological polar surface area (TPSA) is 154 Å². The molecule has 9 nitrogen and oxygen atoms in total. The highest BCUT2D eigenvalue weighted by molar-refractivity contribution is 5.88. The molecule has 0 bridgehead atoms. The van der Waals surface area contributed by atoms with Crippen LogP contribution in [0.15, 0.2) is 38.0 Å². The van der Waals surface area contributed by atoms with E-state index in [0.29, 0.717) is 11.1 Å². The quantitative estimate of drug-likeness (QED) is 0.217. The standard InChI is InChI=1S/C20H26N4O5.ClH/c1-4-16(25)22-9-13-12(7-8-21)14(10-23-17(26)5-2)19(28)20(29)15(13)11-24-18(27)6-3;/h4-6,28-29H,1-3,7-11,21H2,(H,22,25)(H,23,26)(H,24,27);1H. The van der Waals surface area contributed by atoms with Gasteiger partial charge in [0.25, 0.3) is 0 Å². The molecule has 0 atom stereocenters. The third kappa shape index (κ3) is 6.94. The summed E-state index contributed by atoms with van der Waals surface area (Å²) in [5, 5.41) is 28.8. The van der Waals surface area contributed by atoms with Crippen LogP contribution in [0.25, 0.3) is 0 Å². The number of hydrogen-bond acceptors (Lipinski definition) is 6. The van der Waals surface area contributed by atoms with Crippen molar-refractivity contribution in [3.8, 4) is 11.5 Å². The predicted molar refractivity (Wildman–Crippen MR) is 116 cm³/mol. The van der Waals surface area contributed by atoms with Gasteiger partial charge in [0.1, 0.15) is 0 Å². The van der Waals surface area contributed by atoms with E-state index in [-0.39, 0.29) is 56.1 Å². The van der Waals surface area contributed by atoms with E-state index in [4.69, 9.17) is 5.73 Å². The summed E-state index contributed by atoms with van der Waals surface area (Å²) in [5.41, 5.74) is 7.18. The molecule has 0 aliphatic rings. The Labute approximate surface area is 181 Å². The van der Waals surface area contributed by atoms with Crippen molar-refractivity contribution in [2.45, 2.75) is 26.1 Å². The Morgan fingerprint density at radius 3 is 1.40 bits per heavy atom. The van der Waals surface area contributed by atoms with E-state index in [9.17, 15) is 24.6 Å². The van der Waals surface area contributed by atoms with Gasteiger partial charge >= 0.3 is 0 Å². The molecule has 0 spiro atoms. The molecule has 30 heavy (non-hydrogen) atoms. The molecular formula is C20H27ClN4O5. The van der Waals surface area contributed by atoms with E-state index in [1.165, 1.54) is 0 Å². The van der Waals surface area contributed by atoms with Gasteiger partial charge in [-0.3, -0.25) is 14.4 Å². The zero-order chi connectivity index (χ0) is 22.0. The Morgan fingerprint density at radius 2 is 1.07 bits per heavy atom. The number of halogens is 1. The average molecular weight is 439 g/mol. The van der Waals surface area contributed by atoms with Gasteiger partial charge in [-0.05, 0) is 42.3 Å². The molecule has 7 N–H and O–H groups in total. The zero-order valence-corrected chi connectivity index (χ0v) is 17.3. The zero-order valence-electron chi connectivity index (χ0n) is 16.5. The molecule has 1 aromatic carbocycles. The number of rotatable bonds is 11. The highest BCUT2D eigenvalue weighted by Gasteiger charge is 2.23. The first-order valence-electron chi connectivity index (χ1n) is 8.78. The summed E-state index contributed by atoms with van der Waals surface area (Å²) < 4.78 is 0. The molecule has 0 fully saturated rings. The number of benzene rings is 1. The van der Waals surface area contributed by atoms with Gasteiger partial charge < -0.3 is 31.9 Å². The lowest BCUT2D eigenvalue weighted by Crippen LogP contribution is -2.27. The number of carbonyl (C=O) groups is 3. The van der Waals surface area contributed by atoms with Crippen molar-refractivity contribution in [1.29, 1.82) is 0 Å². The van der Waals surface area contributed by atoms with Crippen LogP contribution in [0.4, 0.5) is 0 Å². The molecule has 0 radical (unpaired) electrons. The SMILES string of the molecule is C=CC(=O)NCc1c(O)c(O)c(CNC(=O)C=C)c(CNC(=O)C=C)c1CCN.Cl. The Morgan fingerprint density at radius 1 is 0.733 bits per heavy atom. The lowest BCUT2D eigenvalue weighted by Gasteiger charge is -2.22. The first-order valence-corrected chi connectivity index (χ1v) is 8.78. The summed E-state index contributed by atoms with van der Waals surface area (Å²) in [6.07, 6.45) is 3.52. The van der Waals surface area contributed by atoms with Crippen molar-refractivity contribution in [3.63, 3.8) is 0 Å². The molecule has 1 rings (SSSR count). The van der Waals surface area contributed by atoms with E-state index in [1.807, 2.05) is 0 Å². The number of phenolic OH excluding ortho intramolecular Hbond substituents is 2. The van der Waals surface area contributed by atoms with Crippen LogP contribution in [0.5, 0.6) is 11.5 Å². The minimum Gasteiger partial charge on any atom is -0.504 e. The molecular weight excluding hydrogens is 412 g/mol. The van der Waals surface area contributed by atoms with Crippen molar-refractivity contribution in [1.82, 2.24) is 16.0 Å². The summed E-state index contributed by atoms with van der Waals surface area (Å²) >= 11 is 0. The van der Waals surface area contributed by atoms with Crippen molar-refractivity contribution < 1.29 is 24.6 Å². The highest BCUT2D eigenvalue weighted by atomic mass is 35.5. The van der Waals surface area contributed by atoms with Crippen LogP contribution in [0.1, 0.15) is 22.3 Å². The average Bonchev–Trinajstić information content (AvgIpc) is 2.73. The fraction of sp³-hybridized carbons (Fsp3) is 0.250. The maximum Gasteiger partial charge on any atom is 0.243 e. The first kappa shape index (κ1) is 26.7. The third-order valence-corrected chi connectivity index (χ3v) is 4.16. The summed E-state index contributed by atoms with van der Waals surface area (Å²) in [7, 11) is 0. The first-order chi connectivity index (χ1) is 13.8. The van der Waals surface area contributed by atoms with Crippen molar-refractivity contribution in [2.24, 2.45) is 5.73 Å². The number of carbonyl (C=O) groups excluding carboxylic acids is 3. The highest BCUT2D eigenvalue weighted by Crippen LogP contribution is 2.39. The Hall–Kier alpha value is -3.30. The second-order valence-electron chi connectivity index (χ2n) is 5.92. The molecule has 0 aliphatic carbocycles. The van der Waals surface area contributed by atoms with Crippen molar-refractivity contribution in [2.75, 3.05) is 6.54 Å². The Kier molecular flexibility index (Phi) is 11.6. The van der Waals surface area contributed by atoms with E-state index >= 15 is 0 Å². The van der Waals surface area contributed by atoms with Crippen LogP contribution in [0, 0.1) is 0 Å². The van der Waals surface area contributed by atoms with Crippen LogP contribution >= 0.6 is 12.4 Å². The molecule has 0 unspecified atom stereocenters. The molecule has 164 valence electrons. The Balaban J connectivity index is 0.00000841. The number of amides is 3. The number of aromatic hydroxyl groups is 2. The fourth-order valence-electron chi connectivity index (χ4n) is 2.72. The monoisotopic (exact) mass is 438 g/mol.